The van der Waals surface area contributed by atoms with Crippen LogP contribution in [0.2, 0.25) is 0 Å². The van der Waals surface area contributed by atoms with Crippen molar-refractivity contribution in [1.82, 2.24) is 4.90 Å². The molecule has 1 saturated carbocycles. The third kappa shape index (κ3) is 2.25. The van der Waals surface area contributed by atoms with Crippen molar-refractivity contribution in [2.24, 2.45) is 11.3 Å². The van der Waals surface area contributed by atoms with Crippen LogP contribution in [0.3, 0.4) is 0 Å². The van der Waals surface area contributed by atoms with Crippen LogP contribution in [0.25, 0.3) is 0 Å². The first-order valence-electron chi connectivity index (χ1n) is 6.99. The lowest BCUT2D eigenvalue weighted by Crippen LogP contribution is -2.49. The lowest BCUT2D eigenvalue weighted by Gasteiger charge is -2.42. The van der Waals surface area contributed by atoms with E-state index in [1.165, 1.54) is 0 Å². The van der Waals surface area contributed by atoms with Crippen LogP contribution < -0.4 is 0 Å². The number of piperidine rings is 1. The molecule has 0 aromatic rings. The van der Waals surface area contributed by atoms with Crippen molar-refractivity contribution >= 4 is 11.9 Å². The van der Waals surface area contributed by atoms with Gasteiger partial charge in [-0.15, -0.1) is 0 Å². The van der Waals surface area contributed by atoms with E-state index in [1.807, 2.05) is 4.90 Å². The average molecular weight is 253 g/mol. The van der Waals surface area contributed by atoms with E-state index in [2.05, 4.69) is 13.8 Å². The third-order valence-corrected chi connectivity index (χ3v) is 4.95. The lowest BCUT2D eigenvalue weighted by molar-refractivity contribution is -0.160. The molecule has 2 unspecified atom stereocenters. The molecule has 4 heteroatoms. The molecule has 2 rings (SSSR count). The Morgan fingerprint density at radius 3 is 2.44 bits per heavy atom. The zero-order valence-electron chi connectivity index (χ0n) is 11.3. The van der Waals surface area contributed by atoms with Gasteiger partial charge in [-0.05, 0) is 38.5 Å². The Bertz CT molecular complexity index is 349. The molecule has 0 radical (unpaired) electrons. The summed E-state index contributed by atoms with van der Waals surface area (Å²) < 4.78 is 0. The molecule has 4 nitrogen and oxygen atoms in total. The Morgan fingerprint density at radius 2 is 1.94 bits per heavy atom. The first-order valence-corrected chi connectivity index (χ1v) is 6.99. The molecule has 2 fully saturated rings. The molecule has 2 atom stereocenters. The first kappa shape index (κ1) is 13.4. The van der Waals surface area contributed by atoms with E-state index < -0.39 is 11.4 Å². The van der Waals surface area contributed by atoms with E-state index in [4.69, 9.17) is 0 Å². The maximum Gasteiger partial charge on any atom is 0.310 e. The fraction of sp³-hybridized carbons (Fsp3) is 0.857. The van der Waals surface area contributed by atoms with Crippen LogP contribution in [-0.4, -0.2) is 34.5 Å². The molecular weight excluding hydrogens is 230 g/mol. The van der Waals surface area contributed by atoms with Gasteiger partial charge >= 0.3 is 5.97 Å². The zero-order chi connectivity index (χ0) is 13.3. The van der Waals surface area contributed by atoms with Crippen LogP contribution in [0.15, 0.2) is 0 Å². The largest absolute Gasteiger partial charge is 0.481 e. The van der Waals surface area contributed by atoms with Gasteiger partial charge in [0, 0.05) is 19.0 Å². The zero-order valence-corrected chi connectivity index (χ0v) is 11.3. The van der Waals surface area contributed by atoms with Crippen molar-refractivity contribution in [2.75, 3.05) is 6.54 Å². The van der Waals surface area contributed by atoms with E-state index in [0.717, 1.165) is 25.8 Å². The van der Waals surface area contributed by atoms with Crippen LogP contribution in [-0.2, 0) is 9.59 Å². The maximum atomic E-state index is 12.3. The number of carbonyl (C=O) groups excluding carboxylic acids is 1. The molecule has 0 bridgehead atoms. The van der Waals surface area contributed by atoms with E-state index in [0.29, 0.717) is 18.8 Å². The van der Waals surface area contributed by atoms with Crippen molar-refractivity contribution in [2.45, 2.75) is 58.4 Å². The summed E-state index contributed by atoms with van der Waals surface area (Å²) in [5.74, 6) is -0.235. The van der Waals surface area contributed by atoms with Gasteiger partial charge in [0.1, 0.15) is 0 Å². The number of nitrogens with zero attached hydrogens (tertiary/aromatic N) is 1. The Labute approximate surface area is 108 Å². The minimum atomic E-state index is -0.792. The predicted octanol–water partition coefficient (Wildman–Crippen LogP) is 2.28. The topological polar surface area (TPSA) is 57.6 Å². The highest BCUT2D eigenvalue weighted by Crippen LogP contribution is 2.45. The smallest absolute Gasteiger partial charge is 0.310 e. The molecule has 1 heterocycles. The number of carbonyl (C=O) groups is 2. The average Bonchev–Trinajstić information content (AvgIpc) is 2.26. The molecule has 1 amide bonds. The number of carboxylic acid groups (broad SMARTS) is 1. The summed E-state index contributed by atoms with van der Waals surface area (Å²) in [6.45, 7) is 5.04. The molecular formula is C14H23NO3. The summed E-state index contributed by atoms with van der Waals surface area (Å²) in [7, 11) is 0. The Balaban J connectivity index is 2.01. The molecule has 0 aromatic carbocycles. The summed E-state index contributed by atoms with van der Waals surface area (Å²) in [5, 5.41) is 9.28. The Morgan fingerprint density at radius 1 is 1.28 bits per heavy atom. The lowest BCUT2D eigenvalue weighted by atomic mass is 9.66. The molecule has 0 spiro atoms. The normalized spacial score (nSPS) is 30.7. The molecule has 18 heavy (non-hydrogen) atoms. The summed E-state index contributed by atoms with van der Waals surface area (Å²) in [6.07, 6.45) is 4.65. The number of likely N-dealkylation sites (tertiary alicyclic amines) is 1. The molecule has 0 aromatic heterocycles. The van der Waals surface area contributed by atoms with Crippen LogP contribution in [0.1, 0.15) is 52.4 Å². The molecule has 1 saturated heterocycles. The number of rotatable bonds is 3. The number of amides is 1. The van der Waals surface area contributed by atoms with E-state index in [-0.39, 0.29) is 18.4 Å². The van der Waals surface area contributed by atoms with Gasteiger partial charge < -0.3 is 10.0 Å². The van der Waals surface area contributed by atoms with Gasteiger partial charge in [-0.2, -0.15) is 0 Å². The van der Waals surface area contributed by atoms with Gasteiger partial charge in [-0.25, -0.2) is 0 Å². The second kappa shape index (κ2) is 4.90. The van der Waals surface area contributed by atoms with Gasteiger partial charge in [0.25, 0.3) is 0 Å². The van der Waals surface area contributed by atoms with Gasteiger partial charge in [-0.3, -0.25) is 9.59 Å². The quantitative estimate of drug-likeness (QED) is 0.839. The summed E-state index contributed by atoms with van der Waals surface area (Å²) in [6, 6.07) is 0.247. The van der Waals surface area contributed by atoms with E-state index >= 15 is 0 Å². The second-order valence-corrected chi connectivity index (χ2v) is 6.06. The predicted molar refractivity (Wildman–Crippen MR) is 68.1 cm³/mol. The van der Waals surface area contributed by atoms with Gasteiger partial charge in [0.15, 0.2) is 0 Å². The van der Waals surface area contributed by atoms with Crippen molar-refractivity contribution in [3.05, 3.63) is 0 Å². The number of carboxylic acids is 1. The highest BCUT2D eigenvalue weighted by Gasteiger charge is 2.47. The minimum absolute atomic E-state index is 0.0381. The molecule has 1 aliphatic heterocycles. The third-order valence-electron chi connectivity index (χ3n) is 4.95. The molecule has 102 valence electrons. The molecule has 2 aliphatic rings. The van der Waals surface area contributed by atoms with Gasteiger partial charge in [0.05, 0.1) is 5.41 Å². The van der Waals surface area contributed by atoms with Gasteiger partial charge in [-0.1, -0.05) is 13.3 Å². The summed E-state index contributed by atoms with van der Waals surface area (Å²) in [5.41, 5.74) is -0.752. The number of hydrogen-bond donors (Lipinski definition) is 1. The number of hydrogen-bond acceptors (Lipinski definition) is 2. The standard InChI is InChI=1S/C14H23NO3/c1-10-5-3-8-15(11(10)2)12(16)9-14(13(17)18)6-4-7-14/h10-11H,3-9H2,1-2H3,(H,17,18). The summed E-state index contributed by atoms with van der Waals surface area (Å²) >= 11 is 0. The maximum absolute atomic E-state index is 12.3. The summed E-state index contributed by atoms with van der Waals surface area (Å²) in [4.78, 5) is 25.5. The number of aliphatic carboxylic acids is 1. The van der Waals surface area contributed by atoms with Crippen LogP contribution in [0.5, 0.6) is 0 Å². The minimum Gasteiger partial charge on any atom is -0.481 e. The van der Waals surface area contributed by atoms with E-state index in [9.17, 15) is 14.7 Å². The SMILES string of the molecule is CC1CCCN(C(=O)CC2(C(=O)O)CCC2)C1C. The van der Waals surface area contributed by atoms with Crippen molar-refractivity contribution in [3.8, 4) is 0 Å². The van der Waals surface area contributed by atoms with Crippen molar-refractivity contribution in [1.29, 1.82) is 0 Å². The monoisotopic (exact) mass is 253 g/mol. The van der Waals surface area contributed by atoms with Gasteiger partial charge in [0.2, 0.25) is 5.91 Å². The Kier molecular flexibility index (Phi) is 3.64. The molecule has 1 aliphatic carbocycles. The first-order chi connectivity index (χ1) is 8.46. The molecule has 1 N–H and O–H groups in total. The Hall–Kier alpha value is -1.06. The van der Waals surface area contributed by atoms with Crippen molar-refractivity contribution < 1.29 is 14.7 Å². The van der Waals surface area contributed by atoms with Crippen LogP contribution >= 0.6 is 0 Å². The van der Waals surface area contributed by atoms with Crippen LogP contribution in [0.4, 0.5) is 0 Å². The highest BCUT2D eigenvalue weighted by molar-refractivity contribution is 5.85. The van der Waals surface area contributed by atoms with Crippen molar-refractivity contribution in [3.63, 3.8) is 0 Å². The fourth-order valence-electron chi connectivity index (χ4n) is 3.15. The fourth-order valence-corrected chi connectivity index (χ4v) is 3.15. The highest BCUT2D eigenvalue weighted by atomic mass is 16.4. The second-order valence-electron chi connectivity index (χ2n) is 6.06. The van der Waals surface area contributed by atoms with Crippen LogP contribution in [0, 0.1) is 11.3 Å². The van der Waals surface area contributed by atoms with E-state index in [1.54, 1.807) is 0 Å².